The van der Waals surface area contributed by atoms with Crippen molar-refractivity contribution in [1.29, 1.82) is 0 Å². The van der Waals surface area contributed by atoms with Crippen molar-refractivity contribution in [2.75, 3.05) is 25.3 Å². The minimum atomic E-state index is 0.405. The number of halogens is 3. The van der Waals surface area contributed by atoms with Crippen LogP contribution in [-0.2, 0) is 0 Å². The Morgan fingerprint density at radius 1 is 0.566 bits per heavy atom. The summed E-state index contributed by atoms with van der Waals surface area (Å²) in [5.41, 5.74) is 10.3. The lowest BCUT2D eigenvalue weighted by atomic mass is 10.2. The lowest BCUT2D eigenvalue weighted by Crippen LogP contribution is -2.00. The van der Waals surface area contributed by atoms with Crippen molar-refractivity contribution in [3.05, 3.63) is 149 Å². The molecule has 0 atom stereocenters. The SMILES string of the molecule is COc1ccc2nc(-c3cccnc3)nc(Cl)c2c1.COc1ccc2nc(-c3cccnc3)nc(Nc3ccc(Cl)cc3)c2c1.Nc1ccc(Cl)cc1. The molecule has 0 amide bonds. The molecular weight excluding hydrogens is 731 g/mol. The third-order valence-corrected chi connectivity index (χ3v) is 8.37. The average Bonchev–Trinajstić information content (AvgIpc) is 3.20. The second-order valence-electron chi connectivity index (χ2n) is 11.2. The number of benzene rings is 4. The van der Waals surface area contributed by atoms with Crippen LogP contribution in [-0.4, -0.2) is 44.1 Å². The molecule has 4 aromatic heterocycles. The van der Waals surface area contributed by atoms with Gasteiger partial charge in [0.1, 0.15) is 22.5 Å². The second kappa shape index (κ2) is 17.4. The summed E-state index contributed by atoms with van der Waals surface area (Å²) >= 11 is 17.7. The van der Waals surface area contributed by atoms with Gasteiger partial charge in [0.05, 0.1) is 25.3 Å². The summed E-state index contributed by atoms with van der Waals surface area (Å²) in [6.07, 6.45) is 6.89. The van der Waals surface area contributed by atoms with Crippen LogP contribution in [0, 0.1) is 0 Å². The molecule has 10 nitrogen and oxygen atoms in total. The highest BCUT2D eigenvalue weighted by atomic mass is 35.5. The summed E-state index contributed by atoms with van der Waals surface area (Å²) in [4.78, 5) is 26.4. The average molecular weight is 762 g/mol. The number of fused-ring (bicyclic) bond motifs is 2. The summed E-state index contributed by atoms with van der Waals surface area (Å²) in [7, 11) is 3.25. The quantitative estimate of drug-likeness (QED) is 0.125. The predicted molar refractivity (Wildman–Crippen MR) is 214 cm³/mol. The first kappa shape index (κ1) is 36.7. The van der Waals surface area contributed by atoms with Crippen molar-refractivity contribution in [3.63, 3.8) is 0 Å². The Bertz CT molecular complexity index is 2420. The summed E-state index contributed by atoms with van der Waals surface area (Å²) in [5.74, 6) is 3.33. The number of aromatic nitrogens is 6. The normalized spacial score (nSPS) is 10.4. The molecular formula is C40H31Cl3N8O2. The minimum absolute atomic E-state index is 0.405. The molecule has 0 saturated heterocycles. The van der Waals surface area contributed by atoms with Gasteiger partial charge in [-0.1, -0.05) is 34.8 Å². The van der Waals surface area contributed by atoms with Gasteiger partial charge in [-0.25, -0.2) is 19.9 Å². The van der Waals surface area contributed by atoms with Gasteiger partial charge in [0, 0.05) is 68.1 Å². The van der Waals surface area contributed by atoms with Crippen molar-refractivity contribution in [1.82, 2.24) is 29.9 Å². The van der Waals surface area contributed by atoms with E-state index < -0.39 is 0 Å². The first-order valence-electron chi connectivity index (χ1n) is 16.0. The molecule has 0 aliphatic carbocycles. The Morgan fingerprint density at radius 3 is 1.58 bits per heavy atom. The van der Waals surface area contributed by atoms with E-state index in [9.17, 15) is 0 Å². The molecule has 0 spiro atoms. The molecule has 53 heavy (non-hydrogen) atoms. The fraction of sp³-hybridized carbons (Fsp3) is 0.0500. The van der Waals surface area contributed by atoms with Crippen LogP contribution in [0.4, 0.5) is 17.2 Å². The predicted octanol–water partition coefficient (Wildman–Crippen LogP) is 10.4. The Balaban J connectivity index is 0.000000155. The Kier molecular flexibility index (Phi) is 12.1. The zero-order valence-corrected chi connectivity index (χ0v) is 30.7. The molecule has 3 N–H and O–H groups in total. The summed E-state index contributed by atoms with van der Waals surface area (Å²) < 4.78 is 10.5. The zero-order valence-electron chi connectivity index (χ0n) is 28.4. The maximum Gasteiger partial charge on any atom is 0.163 e. The van der Waals surface area contributed by atoms with Gasteiger partial charge < -0.3 is 20.5 Å². The number of hydrogen-bond donors (Lipinski definition) is 2. The van der Waals surface area contributed by atoms with E-state index in [1.165, 1.54) is 0 Å². The summed E-state index contributed by atoms with van der Waals surface area (Å²) in [5, 5.41) is 6.80. The largest absolute Gasteiger partial charge is 0.497 e. The van der Waals surface area contributed by atoms with Crippen LogP contribution in [0.3, 0.4) is 0 Å². The standard InChI is InChI=1S/C20H15ClN4O.C14H10ClN3O.C6H6ClN/c1-26-16-8-9-18-17(11-16)20(23-15-6-4-14(21)5-7-15)25-19(24-18)13-3-2-10-22-12-13;1-19-10-4-5-12-11(7-10)13(15)18-14(17-12)9-3-2-6-16-8-9;7-5-1-3-6(8)4-2-5/h2-12H,1H3,(H,23,24,25);2-8H,1H3;1-4H,8H2. The highest BCUT2D eigenvalue weighted by Crippen LogP contribution is 2.31. The van der Waals surface area contributed by atoms with Gasteiger partial charge in [-0.15, -0.1) is 0 Å². The van der Waals surface area contributed by atoms with Gasteiger partial charge >= 0.3 is 0 Å². The zero-order chi connectivity index (χ0) is 37.2. The molecule has 0 radical (unpaired) electrons. The number of nitrogens with two attached hydrogens (primary N) is 1. The molecule has 13 heteroatoms. The fourth-order valence-electron chi connectivity index (χ4n) is 4.91. The van der Waals surface area contributed by atoms with Gasteiger partial charge in [0.2, 0.25) is 0 Å². The number of hydrogen-bond acceptors (Lipinski definition) is 10. The van der Waals surface area contributed by atoms with Gasteiger partial charge in [0.25, 0.3) is 0 Å². The number of methoxy groups -OCH3 is 2. The maximum absolute atomic E-state index is 6.21. The number of nitrogens with one attached hydrogen (secondary N) is 1. The topological polar surface area (TPSA) is 134 Å². The number of pyridine rings is 2. The van der Waals surface area contributed by atoms with Crippen LogP contribution in [0.2, 0.25) is 15.2 Å². The van der Waals surface area contributed by atoms with Crippen LogP contribution in [0.5, 0.6) is 11.5 Å². The number of nitrogens with zero attached hydrogens (tertiary/aromatic N) is 6. The highest BCUT2D eigenvalue weighted by molar-refractivity contribution is 6.34. The van der Waals surface area contributed by atoms with Crippen LogP contribution < -0.4 is 20.5 Å². The van der Waals surface area contributed by atoms with Crippen LogP contribution >= 0.6 is 34.8 Å². The summed E-state index contributed by atoms with van der Waals surface area (Å²) in [6.45, 7) is 0. The van der Waals surface area contributed by atoms with E-state index in [2.05, 4.69) is 30.2 Å². The van der Waals surface area contributed by atoms with Crippen molar-refractivity contribution < 1.29 is 9.47 Å². The van der Waals surface area contributed by atoms with Crippen molar-refractivity contribution in [2.45, 2.75) is 0 Å². The first-order valence-corrected chi connectivity index (χ1v) is 17.1. The smallest absolute Gasteiger partial charge is 0.163 e. The molecule has 4 heterocycles. The van der Waals surface area contributed by atoms with Gasteiger partial charge in [-0.05, 0) is 109 Å². The van der Waals surface area contributed by atoms with Gasteiger partial charge in [0.15, 0.2) is 11.6 Å². The lowest BCUT2D eigenvalue weighted by Gasteiger charge is -2.12. The van der Waals surface area contributed by atoms with E-state index in [-0.39, 0.29) is 0 Å². The fourth-order valence-corrected chi connectivity index (χ4v) is 5.39. The monoisotopic (exact) mass is 760 g/mol. The number of ether oxygens (including phenoxy) is 2. The maximum atomic E-state index is 6.21. The molecule has 8 rings (SSSR count). The molecule has 0 aliphatic heterocycles. The molecule has 264 valence electrons. The minimum Gasteiger partial charge on any atom is -0.497 e. The van der Waals surface area contributed by atoms with Crippen molar-refractivity contribution >= 4 is 73.8 Å². The number of rotatable bonds is 6. The van der Waals surface area contributed by atoms with E-state index in [4.69, 9.17) is 55.0 Å². The van der Waals surface area contributed by atoms with E-state index in [1.807, 2.05) is 84.9 Å². The lowest BCUT2D eigenvalue weighted by molar-refractivity contribution is 0.415. The number of nitrogen functional groups attached to an aromatic ring is 1. The van der Waals surface area contributed by atoms with Crippen LogP contribution in [0.1, 0.15) is 0 Å². The Labute approximate surface area is 320 Å². The molecule has 4 aromatic carbocycles. The first-order chi connectivity index (χ1) is 25.8. The van der Waals surface area contributed by atoms with E-state index in [0.717, 1.165) is 60.8 Å². The van der Waals surface area contributed by atoms with Crippen molar-refractivity contribution in [3.8, 4) is 34.3 Å². The molecule has 0 bridgehead atoms. The third kappa shape index (κ3) is 9.63. The number of anilines is 3. The molecule has 0 fully saturated rings. The summed E-state index contributed by atoms with van der Waals surface area (Å²) in [6, 6.07) is 33.3. The third-order valence-electron chi connectivity index (χ3n) is 7.58. The van der Waals surface area contributed by atoms with E-state index in [0.29, 0.717) is 27.6 Å². The van der Waals surface area contributed by atoms with E-state index in [1.54, 1.807) is 63.3 Å². The van der Waals surface area contributed by atoms with Crippen LogP contribution in [0.15, 0.2) is 134 Å². The van der Waals surface area contributed by atoms with Gasteiger partial charge in [-0.2, -0.15) is 0 Å². The van der Waals surface area contributed by atoms with E-state index >= 15 is 0 Å². The highest BCUT2D eigenvalue weighted by Gasteiger charge is 2.12. The van der Waals surface area contributed by atoms with Crippen LogP contribution in [0.25, 0.3) is 44.6 Å². The molecule has 0 saturated carbocycles. The molecule has 8 aromatic rings. The second-order valence-corrected chi connectivity index (χ2v) is 12.4. The van der Waals surface area contributed by atoms with Gasteiger partial charge in [-0.3, -0.25) is 9.97 Å². The Hall–Kier alpha value is -6.07. The van der Waals surface area contributed by atoms with Crippen molar-refractivity contribution in [2.24, 2.45) is 0 Å². The molecule has 0 aliphatic rings. The molecule has 0 unspecified atom stereocenters. The Morgan fingerprint density at radius 2 is 1.08 bits per heavy atom.